The Labute approximate surface area is 124 Å². The Kier molecular flexibility index (Phi) is 3.59. The van der Waals surface area contributed by atoms with Gasteiger partial charge in [-0.1, -0.05) is 0 Å². The third-order valence-electron chi connectivity index (χ3n) is 3.72. The van der Waals surface area contributed by atoms with Gasteiger partial charge in [-0.05, 0) is 30.7 Å². The molecule has 0 aliphatic carbocycles. The monoisotopic (exact) mass is 310 g/mol. The van der Waals surface area contributed by atoms with Crippen molar-refractivity contribution in [3.8, 4) is 0 Å². The zero-order valence-electron chi connectivity index (χ0n) is 11.5. The molecule has 2 heterocycles. The number of nitrogens with zero attached hydrogens (tertiary/aromatic N) is 4. The summed E-state index contributed by atoms with van der Waals surface area (Å²) in [6.07, 6.45) is -0.625. The molecule has 0 bridgehead atoms. The Balaban J connectivity index is 1.70. The SMILES string of the molecule is O=C(c1ccc(C(F)(F)F)cc1)N1CC[C@H](n2cncn2)C1. The molecule has 3 rings (SSSR count). The van der Waals surface area contributed by atoms with Gasteiger partial charge in [0, 0.05) is 18.7 Å². The molecule has 1 aromatic heterocycles. The van der Waals surface area contributed by atoms with Crippen molar-refractivity contribution >= 4 is 5.91 Å². The molecule has 0 saturated carbocycles. The summed E-state index contributed by atoms with van der Waals surface area (Å²) in [7, 11) is 0. The van der Waals surface area contributed by atoms with Gasteiger partial charge in [-0.3, -0.25) is 4.79 Å². The van der Waals surface area contributed by atoms with Gasteiger partial charge in [0.25, 0.3) is 5.91 Å². The van der Waals surface area contributed by atoms with Crippen LogP contribution >= 0.6 is 0 Å². The van der Waals surface area contributed by atoms with E-state index in [2.05, 4.69) is 10.1 Å². The molecule has 0 radical (unpaired) electrons. The zero-order chi connectivity index (χ0) is 15.7. The number of hydrogen-bond acceptors (Lipinski definition) is 3. The number of halogens is 3. The minimum Gasteiger partial charge on any atom is -0.336 e. The first-order valence-electron chi connectivity index (χ1n) is 6.76. The highest BCUT2D eigenvalue weighted by atomic mass is 19.4. The van der Waals surface area contributed by atoms with Crippen LogP contribution < -0.4 is 0 Å². The summed E-state index contributed by atoms with van der Waals surface area (Å²) in [6, 6.07) is 4.35. The number of rotatable bonds is 2. The fourth-order valence-corrected chi connectivity index (χ4v) is 2.53. The first kappa shape index (κ1) is 14.6. The molecule has 116 valence electrons. The Hall–Kier alpha value is -2.38. The molecule has 1 atom stereocenters. The van der Waals surface area contributed by atoms with Gasteiger partial charge in [0.1, 0.15) is 12.7 Å². The van der Waals surface area contributed by atoms with Gasteiger partial charge in [-0.15, -0.1) is 0 Å². The lowest BCUT2D eigenvalue weighted by Crippen LogP contribution is -2.29. The van der Waals surface area contributed by atoms with Crippen LogP contribution in [-0.2, 0) is 6.18 Å². The first-order chi connectivity index (χ1) is 10.4. The van der Waals surface area contributed by atoms with Crippen LogP contribution in [0.1, 0.15) is 28.4 Å². The number of alkyl halides is 3. The quantitative estimate of drug-likeness (QED) is 0.856. The van der Waals surface area contributed by atoms with E-state index in [0.717, 1.165) is 18.6 Å². The van der Waals surface area contributed by atoms with Gasteiger partial charge in [0.15, 0.2) is 0 Å². The molecule has 0 unspecified atom stereocenters. The molecular weight excluding hydrogens is 297 g/mol. The standard InChI is InChI=1S/C14H13F3N4O/c15-14(16,17)11-3-1-10(2-4-11)13(22)20-6-5-12(7-20)21-9-18-8-19-21/h1-4,8-9,12H,5-7H2/t12-/m0/s1. The molecule has 1 fully saturated rings. The van der Waals surface area contributed by atoms with Crippen LogP contribution in [0.4, 0.5) is 13.2 Å². The summed E-state index contributed by atoms with van der Waals surface area (Å²) >= 11 is 0. The fraction of sp³-hybridized carbons (Fsp3) is 0.357. The molecule has 5 nitrogen and oxygen atoms in total. The topological polar surface area (TPSA) is 51.0 Å². The lowest BCUT2D eigenvalue weighted by molar-refractivity contribution is -0.137. The highest BCUT2D eigenvalue weighted by molar-refractivity contribution is 5.94. The summed E-state index contributed by atoms with van der Waals surface area (Å²) in [6.45, 7) is 1.02. The summed E-state index contributed by atoms with van der Waals surface area (Å²) in [5, 5.41) is 4.05. The Morgan fingerprint density at radius 2 is 1.95 bits per heavy atom. The van der Waals surface area contributed by atoms with Crippen molar-refractivity contribution in [2.75, 3.05) is 13.1 Å². The highest BCUT2D eigenvalue weighted by Gasteiger charge is 2.31. The number of carbonyl (C=O) groups is 1. The third kappa shape index (κ3) is 2.81. The van der Waals surface area contributed by atoms with E-state index in [1.165, 1.54) is 18.5 Å². The maximum absolute atomic E-state index is 12.5. The van der Waals surface area contributed by atoms with Crippen LogP contribution in [0.2, 0.25) is 0 Å². The Bertz CT molecular complexity index is 652. The van der Waals surface area contributed by atoms with Crippen molar-refractivity contribution in [1.82, 2.24) is 19.7 Å². The Morgan fingerprint density at radius 3 is 2.55 bits per heavy atom. The summed E-state index contributed by atoms with van der Waals surface area (Å²) in [5.74, 6) is -0.267. The number of likely N-dealkylation sites (tertiary alicyclic amines) is 1. The molecule has 0 spiro atoms. The van der Waals surface area contributed by atoms with Crippen molar-refractivity contribution in [3.05, 3.63) is 48.0 Å². The van der Waals surface area contributed by atoms with Gasteiger partial charge in [-0.25, -0.2) is 9.67 Å². The largest absolute Gasteiger partial charge is 0.416 e. The summed E-state index contributed by atoms with van der Waals surface area (Å²) < 4.78 is 39.3. The van der Waals surface area contributed by atoms with Crippen LogP contribution in [0.15, 0.2) is 36.9 Å². The van der Waals surface area contributed by atoms with Gasteiger partial charge in [-0.2, -0.15) is 18.3 Å². The molecule has 2 aromatic rings. The van der Waals surface area contributed by atoms with E-state index >= 15 is 0 Å². The minimum atomic E-state index is -4.40. The molecule has 1 amide bonds. The number of carbonyl (C=O) groups excluding carboxylic acids is 1. The van der Waals surface area contributed by atoms with E-state index in [4.69, 9.17) is 0 Å². The second-order valence-corrected chi connectivity index (χ2v) is 5.14. The molecule has 1 aliphatic rings. The normalized spacial score (nSPS) is 18.7. The average Bonchev–Trinajstić information content (AvgIpc) is 3.16. The van der Waals surface area contributed by atoms with Crippen LogP contribution in [0.25, 0.3) is 0 Å². The molecule has 1 aliphatic heterocycles. The number of hydrogen-bond donors (Lipinski definition) is 0. The van der Waals surface area contributed by atoms with Crippen LogP contribution in [0.3, 0.4) is 0 Å². The molecule has 1 saturated heterocycles. The van der Waals surface area contributed by atoms with Crippen LogP contribution in [-0.4, -0.2) is 38.7 Å². The molecular formula is C14H13F3N4O. The number of amides is 1. The smallest absolute Gasteiger partial charge is 0.336 e. The van der Waals surface area contributed by atoms with Crippen molar-refractivity contribution < 1.29 is 18.0 Å². The fourth-order valence-electron chi connectivity index (χ4n) is 2.53. The number of aromatic nitrogens is 3. The highest BCUT2D eigenvalue weighted by Crippen LogP contribution is 2.29. The third-order valence-corrected chi connectivity index (χ3v) is 3.72. The van der Waals surface area contributed by atoms with Gasteiger partial charge in [0.05, 0.1) is 11.6 Å². The van der Waals surface area contributed by atoms with E-state index in [-0.39, 0.29) is 17.5 Å². The zero-order valence-corrected chi connectivity index (χ0v) is 11.5. The Morgan fingerprint density at radius 1 is 1.23 bits per heavy atom. The lowest BCUT2D eigenvalue weighted by Gasteiger charge is -2.17. The summed E-state index contributed by atoms with van der Waals surface area (Å²) in [4.78, 5) is 17.8. The van der Waals surface area contributed by atoms with E-state index in [1.807, 2.05) is 0 Å². The maximum Gasteiger partial charge on any atom is 0.416 e. The second-order valence-electron chi connectivity index (χ2n) is 5.14. The van der Waals surface area contributed by atoms with Gasteiger partial charge >= 0.3 is 6.18 Å². The maximum atomic E-state index is 12.5. The molecule has 22 heavy (non-hydrogen) atoms. The predicted octanol–water partition coefficient (Wildman–Crippen LogP) is 2.38. The van der Waals surface area contributed by atoms with E-state index < -0.39 is 11.7 Å². The van der Waals surface area contributed by atoms with Crippen molar-refractivity contribution in [3.63, 3.8) is 0 Å². The molecule has 1 aromatic carbocycles. The van der Waals surface area contributed by atoms with Crippen molar-refractivity contribution in [1.29, 1.82) is 0 Å². The van der Waals surface area contributed by atoms with Crippen LogP contribution in [0.5, 0.6) is 0 Å². The average molecular weight is 310 g/mol. The lowest BCUT2D eigenvalue weighted by atomic mass is 10.1. The minimum absolute atomic E-state index is 0.0564. The van der Waals surface area contributed by atoms with Crippen LogP contribution in [0, 0.1) is 0 Å². The predicted molar refractivity (Wildman–Crippen MR) is 71.0 cm³/mol. The molecule has 8 heteroatoms. The van der Waals surface area contributed by atoms with E-state index in [1.54, 1.807) is 15.9 Å². The number of benzene rings is 1. The van der Waals surface area contributed by atoms with Crippen molar-refractivity contribution in [2.24, 2.45) is 0 Å². The van der Waals surface area contributed by atoms with E-state index in [9.17, 15) is 18.0 Å². The second kappa shape index (κ2) is 5.43. The summed E-state index contributed by atoms with van der Waals surface area (Å²) in [5.41, 5.74) is -0.502. The van der Waals surface area contributed by atoms with Crippen molar-refractivity contribution in [2.45, 2.75) is 18.6 Å². The molecule has 0 N–H and O–H groups in total. The van der Waals surface area contributed by atoms with Gasteiger partial charge < -0.3 is 4.90 Å². The first-order valence-corrected chi connectivity index (χ1v) is 6.76. The van der Waals surface area contributed by atoms with Gasteiger partial charge in [0.2, 0.25) is 0 Å². The van der Waals surface area contributed by atoms with E-state index in [0.29, 0.717) is 13.1 Å².